The highest BCUT2D eigenvalue weighted by Gasteiger charge is 2.21. The average Bonchev–Trinajstić information content (AvgIpc) is 3.02. The molecule has 8 heteroatoms. The summed E-state index contributed by atoms with van der Waals surface area (Å²) >= 11 is 2.80. The lowest BCUT2D eigenvalue weighted by Crippen LogP contribution is -2.22. The lowest BCUT2D eigenvalue weighted by molar-refractivity contribution is -0.113. The number of aryl methyl sites for hydroxylation is 2. The third-order valence-corrected chi connectivity index (χ3v) is 6.81. The molecule has 1 aliphatic rings. The fraction of sp³-hybridized carbons (Fsp3) is 0.316. The molecule has 0 saturated carbocycles. The largest absolute Gasteiger partial charge is 0.325 e. The zero-order valence-corrected chi connectivity index (χ0v) is 16.4. The SMILES string of the molecule is Cn1c(SCC(=O)Nc2cccc(F)c2)nc2sc3c(c2c1=O)CCCC3. The Morgan fingerprint density at radius 3 is 3.00 bits per heavy atom. The van der Waals surface area contributed by atoms with Gasteiger partial charge in [-0.2, -0.15) is 0 Å². The van der Waals surface area contributed by atoms with Crippen molar-refractivity contribution in [3.8, 4) is 0 Å². The number of nitrogens with one attached hydrogen (secondary N) is 1. The summed E-state index contributed by atoms with van der Waals surface area (Å²) in [5.41, 5.74) is 1.52. The Morgan fingerprint density at radius 1 is 1.37 bits per heavy atom. The second-order valence-corrected chi connectivity index (χ2v) is 8.52. The van der Waals surface area contributed by atoms with Crippen LogP contribution in [0.3, 0.4) is 0 Å². The van der Waals surface area contributed by atoms with Crippen molar-refractivity contribution in [2.45, 2.75) is 30.8 Å². The van der Waals surface area contributed by atoms with Crippen molar-refractivity contribution < 1.29 is 9.18 Å². The topological polar surface area (TPSA) is 64.0 Å². The van der Waals surface area contributed by atoms with E-state index in [1.807, 2.05) is 0 Å². The van der Waals surface area contributed by atoms with Gasteiger partial charge in [0, 0.05) is 17.6 Å². The zero-order valence-electron chi connectivity index (χ0n) is 14.8. The molecule has 0 atom stereocenters. The summed E-state index contributed by atoms with van der Waals surface area (Å²) in [4.78, 5) is 31.6. The van der Waals surface area contributed by atoms with E-state index in [-0.39, 0.29) is 17.2 Å². The Hall–Kier alpha value is -2.19. The monoisotopic (exact) mass is 403 g/mol. The molecule has 0 unspecified atom stereocenters. The average molecular weight is 404 g/mol. The van der Waals surface area contributed by atoms with Crippen molar-refractivity contribution in [1.29, 1.82) is 0 Å². The number of halogens is 1. The first-order valence-corrected chi connectivity index (χ1v) is 10.5. The molecule has 1 aromatic carbocycles. The van der Waals surface area contributed by atoms with Crippen molar-refractivity contribution in [2.24, 2.45) is 7.05 Å². The standard InChI is InChI=1S/C19H18FN3O2S2/c1-23-18(25)16-13-7-2-3-8-14(13)27-17(16)22-19(23)26-10-15(24)21-12-6-4-5-11(20)9-12/h4-6,9H,2-3,7-8,10H2,1H3,(H,21,24). The molecule has 0 fully saturated rings. The maximum absolute atomic E-state index is 13.2. The second kappa shape index (κ2) is 7.44. The van der Waals surface area contributed by atoms with E-state index in [9.17, 15) is 14.0 Å². The van der Waals surface area contributed by atoms with Crippen LogP contribution in [0.25, 0.3) is 10.2 Å². The van der Waals surface area contributed by atoms with E-state index in [2.05, 4.69) is 10.3 Å². The van der Waals surface area contributed by atoms with E-state index in [1.165, 1.54) is 39.4 Å². The van der Waals surface area contributed by atoms with Crippen LogP contribution in [0.5, 0.6) is 0 Å². The number of benzene rings is 1. The van der Waals surface area contributed by atoms with E-state index < -0.39 is 5.82 Å². The maximum Gasteiger partial charge on any atom is 0.262 e. The van der Waals surface area contributed by atoms with Crippen LogP contribution in [-0.2, 0) is 24.7 Å². The predicted octanol–water partition coefficient (Wildman–Crippen LogP) is 3.74. The van der Waals surface area contributed by atoms with Crippen LogP contribution in [0.1, 0.15) is 23.3 Å². The molecule has 0 bridgehead atoms. The molecular formula is C19H18FN3O2S2. The Kier molecular flexibility index (Phi) is 5.01. The zero-order chi connectivity index (χ0) is 19.0. The van der Waals surface area contributed by atoms with Crippen LogP contribution in [0.4, 0.5) is 10.1 Å². The minimum absolute atomic E-state index is 0.0487. The van der Waals surface area contributed by atoms with Gasteiger partial charge in [0.2, 0.25) is 5.91 Å². The van der Waals surface area contributed by atoms with E-state index in [4.69, 9.17) is 0 Å². The molecule has 1 aliphatic carbocycles. The number of hydrogen-bond donors (Lipinski definition) is 1. The number of carbonyl (C=O) groups is 1. The van der Waals surface area contributed by atoms with Crippen LogP contribution < -0.4 is 10.9 Å². The number of amides is 1. The number of thiophene rings is 1. The third kappa shape index (κ3) is 3.64. The summed E-state index contributed by atoms with van der Waals surface area (Å²) in [5.74, 6) is -0.588. The molecule has 140 valence electrons. The molecule has 0 aliphatic heterocycles. The van der Waals surface area contributed by atoms with Gasteiger partial charge in [0.25, 0.3) is 5.56 Å². The van der Waals surface area contributed by atoms with E-state index >= 15 is 0 Å². The number of rotatable bonds is 4. The van der Waals surface area contributed by atoms with Gasteiger partial charge in [-0.25, -0.2) is 9.37 Å². The molecule has 2 aromatic heterocycles. The van der Waals surface area contributed by atoms with E-state index in [1.54, 1.807) is 24.5 Å². The second-order valence-electron chi connectivity index (χ2n) is 6.50. The first kappa shape index (κ1) is 18.2. The summed E-state index contributed by atoms with van der Waals surface area (Å²) < 4.78 is 14.7. The van der Waals surface area contributed by atoms with Gasteiger partial charge in [-0.3, -0.25) is 14.2 Å². The van der Waals surface area contributed by atoms with Crippen molar-refractivity contribution >= 4 is 44.9 Å². The Bertz CT molecular complexity index is 1090. The quantitative estimate of drug-likeness (QED) is 0.532. The molecule has 0 radical (unpaired) electrons. The van der Waals surface area contributed by atoms with Gasteiger partial charge in [-0.15, -0.1) is 11.3 Å². The van der Waals surface area contributed by atoms with Crippen molar-refractivity contribution in [3.63, 3.8) is 0 Å². The molecule has 4 rings (SSSR count). The van der Waals surface area contributed by atoms with Crippen LogP contribution >= 0.6 is 23.1 Å². The highest BCUT2D eigenvalue weighted by atomic mass is 32.2. The van der Waals surface area contributed by atoms with Crippen molar-refractivity contribution in [3.05, 3.63) is 50.9 Å². The molecule has 1 amide bonds. The number of aromatic nitrogens is 2. The number of carbonyl (C=O) groups excluding carboxylic acids is 1. The van der Waals surface area contributed by atoms with Crippen LogP contribution in [0.15, 0.2) is 34.2 Å². The number of anilines is 1. The predicted molar refractivity (Wildman–Crippen MR) is 107 cm³/mol. The number of nitrogens with zero attached hydrogens (tertiary/aromatic N) is 2. The minimum Gasteiger partial charge on any atom is -0.325 e. The van der Waals surface area contributed by atoms with E-state index in [0.717, 1.165) is 41.5 Å². The minimum atomic E-state index is -0.406. The molecule has 1 N–H and O–H groups in total. The highest BCUT2D eigenvalue weighted by Crippen LogP contribution is 2.34. The van der Waals surface area contributed by atoms with Gasteiger partial charge in [0.1, 0.15) is 10.6 Å². The smallest absolute Gasteiger partial charge is 0.262 e. The maximum atomic E-state index is 13.2. The highest BCUT2D eigenvalue weighted by molar-refractivity contribution is 7.99. The lowest BCUT2D eigenvalue weighted by atomic mass is 9.97. The molecule has 27 heavy (non-hydrogen) atoms. The van der Waals surface area contributed by atoms with E-state index in [0.29, 0.717) is 10.8 Å². The Balaban J connectivity index is 1.54. The molecule has 0 spiro atoms. The normalized spacial score (nSPS) is 13.6. The molecular weight excluding hydrogens is 385 g/mol. The summed E-state index contributed by atoms with van der Waals surface area (Å²) in [7, 11) is 1.69. The summed E-state index contributed by atoms with van der Waals surface area (Å²) in [6.45, 7) is 0. The molecule has 0 saturated heterocycles. The van der Waals surface area contributed by atoms with Crippen molar-refractivity contribution in [1.82, 2.24) is 9.55 Å². The van der Waals surface area contributed by atoms with Gasteiger partial charge in [-0.1, -0.05) is 17.8 Å². The fourth-order valence-electron chi connectivity index (χ4n) is 3.29. The first-order chi connectivity index (χ1) is 13.0. The van der Waals surface area contributed by atoms with Crippen LogP contribution in [0.2, 0.25) is 0 Å². The molecule has 2 heterocycles. The summed E-state index contributed by atoms with van der Waals surface area (Å²) in [5, 5.41) is 3.91. The number of thioether (sulfide) groups is 1. The fourth-order valence-corrected chi connectivity index (χ4v) is 5.36. The molecule has 3 aromatic rings. The lowest BCUT2D eigenvalue weighted by Gasteiger charge is -2.11. The van der Waals surface area contributed by atoms with Gasteiger partial charge >= 0.3 is 0 Å². The number of fused-ring (bicyclic) bond motifs is 3. The third-order valence-electron chi connectivity index (χ3n) is 4.60. The summed E-state index contributed by atoms with van der Waals surface area (Å²) in [6.07, 6.45) is 4.22. The molecule has 5 nitrogen and oxygen atoms in total. The Labute approximate surface area is 163 Å². The first-order valence-electron chi connectivity index (χ1n) is 8.72. The van der Waals surface area contributed by atoms with Crippen LogP contribution in [0, 0.1) is 5.82 Å². The van der Waals surface area contributed by atoms with Gasteiger partial charge < -0.3 is 5.32 Å². The number of hydrogen-bond acceptors (Lipinski definition) is 5. The van der Waals surface area contributed by atoms with Gasteiger partial charge in [0.15, 0.2) is 5.16 Å². The van der Waals surface area contributed by atoms with Gasteiger partial charge in [0.05, 0.1) is 11.1 Å². The van der Waals surface area contributed by atoms with Gasteiger partial charge in [-0.05, 0) is 49.4 Å². The van der Waals surface area contributed by atoms with Crippen molar-refractivity contribution in [2.75, 3.05) is 11.1 Å². The summed E-state index contributed by atoms with van der Waals surface area (Å²) in [6, 6.07) is 5.75. The Morgan fingerprint density at radius 2 is 2.19 bits per heavy atom. The van der Waals surface area contributed by atoms with Crippen LogP contribution in [-0.4, -0.2) is 21.2 Å².